The van der Waals surface area contributed by atoms with E-state index in [0.717, 1.165) is 50.5 Å². The SMILES string of the molecule is Cc1ccc(NC(=O)[C@H]2[C@H]3C=C[C@@]4(O3)[C@H]2C(=O)N(C2CCCCC2)[C@@H]4C(=O)N[C@@H]2CCC[C@@H](C)[C@H]2C)cc1Cl. The van der Waals surface area contributed by atoms with E-state index in [-0.39, 0.29) is 29.8 Å². The van der Waals surface area contributed by atoms with Crippen molar-refractivity contribution in [1.29, 1.82) is 0 Å². The molecule has 3 heterocycles. The number of nitrogens with one attached hydrogen (secondary N) is 2. The van der Waals surface area contributed by atoms with E-state index in [1.807, 2.05) is 36.1 Å². The van der Waals surface area contributed by atoms with E-state index in [2.05, 4.69) is 24.5 Å². The molecule has 4 fully saturated rings. The van der Waals surface area contributed by atoms with E-state index in [0.29, 0.717) is 22.5 Å². The number of halogens is 1. The molecule has 0 aromatic heterocycles. The second-order valence-corrected chi connectivity index (χ2v) is 13.0. The standard InChI is InChI=1S/C31H40ClN3O4/c1-17-8-7-11-23(19(17)3)34-29(37)27-31-15-14-24(39-31)25(28(36)33-20-13-12-18(2)22(32)16-20)26(31)30(38)35(27)21-9-5-4-6-10-21/h12-17,19,21,23-27H,4-11H2,1-3H3,(H,33,36)(H,34,37)/t17-,19-,23-,24-,25+,26-,27-,31-/m1/s1. The average molecular weight is 554 g/mol. The summed E-state index contributed by atoms with van der Waals surface area (Å²) in [5.74, 6) is -1.07. The molecular formula is C31H40ClN3O4. The number of carbonyl (C=O) groups excluding carboxylic acids is 3. The fraction of sp³-hybridized carbons (Fsp3) is 0.645. The van der Waals surface area contributed by atoms with Crippen LogP contribution in [0.2, 0.25) is 5.02 Å². The summed E-state index contributed by atoms with van der Waals surface area (Å²) in [6, 6.07) is 4.69. The molecule has 7 nitrogen and oxygen atoms in total. The Bertz CT molecular complexity index is 1200. The van der Waals surface area contributed by atoms with Crippen molar-refractivity contribution in [1.82, 2.24) is 10.2 Å². The lowest BCUT2D eigenvalue weighted by Crippen LogP contribution is -2.59. The summed E-state index contributed by atoms with van der Waals surface area (Å²) in [6.45, 7) is 6.37. The van der Waals surface area contributed by atoms with Gasteiger partial charge < -0.3 is 20.3 Å². The van der Waals surface area contributed by atoms with Gasteiger partial charge in [-0.25, -0.2) is 0 Å². The number of likely N-dealkylation sites (tertiary alicyclic amines) is 1. The van der Waals surface area contributed by atoms with Gasteiger partial charge in [0.15, 0.2) is 0 Å². The van der Waals surface area contributed by atoms with Crippen LogP contribution in [0.15, 0.2) is 30.4 Å². The first-order valence-electron chi connectivity index (χ1n) is 14.8. The highest BCUT2D eigenvalue weighted by Crippen LogP contribution is 2.56. The molecule has 1 aromatic carbocycles. The number of aryl methyl sites for hydroxylation is 1. The van der Waals surface area contributed by atoms with Crippen molar-refractivity contribution >= 4 is 35.0 Å². The molecule has 2 aliphatic carbocycles. The van der Waals surface area contributed by atoms with Crippen molar-refractivity contribution in [3.63, 3.8) is 0 Å². The van der Waals surface area contributed by atoms with Crippen LogP contribution < -0.4 is 10.6 Å². The fourth-order valence-corrected chi connectivity index (χ4v) is 8.08. The van der Waals surface area contributed by atoms with Crippen LogP contribution in [-0.2, 0) is 19.1 Å². The third kappa shape index (κ3) is 4.40. The molecule has 8 atom stereocenters. The zero-order valence-electron chi connectivity index (χ0n) is 23.1. The fourth-order valence-electron chi connectivity index (χ4n) is 7.90. The molecular weight excluding hydrogens is 514 g/mol. The number of nitrogens with zero attached hydrogens (tertiary/aromatic N) is 1. The van der Waals surface area contributed by atoms with Crippen LogP contribution in [0.3, 0.4) is 0 Å². The highest BCUT2D eigenvalue weighted by Gasteiger charge is 2.73. The van der Waals surface area contributed by atoms with Gasteiger partial charge in [0.05, 0.1) is 17.9 Å². The Hall–Kier alpha value is -2.38. The number of rotatable bonds is 5. The summed E-state index contributed by atoms with van der Waals surface area (Å²) < 4.78 is 6.54. The third-order valence-corrected chi connectivity index (χ3v) is 10.7. The van der Waals surface area contributed by atoms with E-state index in [9.17, 15) is 14.4 Å². The predicted octanol–water partition coefficient (Wildman–Crippen LogP) is 5.01. The van der Waals surface area contributed by atoms with Gasteiger partial charge in [-0.1, -0.05) is 75.8 Å². The second kappa shape index (κ2) is 10.2. The number of hydrogen-bond acceptors (Lipinski definition) is 4. The number of benzene rings is 1. The van der Waals surface area contributed by atoms with E-state index in [4.69, 9.17) is 16.3 Å². The molecule has 0 radical (unpaired) electrons. The van der Waals surface area contributed by atoms with Crippen molar-refractivity contribution in [3.8, 4) is 0 Å². The Labute approximate surface area is 236 Å². The molecule has 8 heteroatoms. The molecule has 5 aliphatic rings. The quantitative estimate of drug-likeness (QED) is 0.502. The molecule has 0 unspecified atom stereocenters. The van der Waals surface area contributed by atoms with Gasteiger partial charge in [0.25, 0.3) is 0 Å². The summed E-state index contributed by atoms with van der Waals surface area (Å²) in [6.07, 6.45) is 11.4. The summed E-state index contributed by atoms with van der Waals surface area (Å²) in [5, 5.41) is 6.89. The largest absolute Gasteiger partial charge is 0.359 e. The lowest BCUT2D eigenvalue weighted by Gasteiger charge is -2.40. The molecule has 2 N–H and O–H groups in total. The zero-order valence-corrected chi connectivity index (χ0v) is 23.9. The van der Waals surface area contributed by atoms with Gasteiger partial charge in [-0.05, 0) is 55.7 Å². The van der Waals surface area contributed by atoms with Gasteiger partial charge in [0.2, 0.25) is 17.7 Å². The normalized spacial score (nSPS) is 37.7. The summed E-state index contributed by atoms with van der Waals surface area (Å²) in [5.41, 5.74) is 0.379. The minimum absolute atomic E-state index is 0.0136. The maximum Gasteiger partial charge on any atom is 0.246 e. The molecule has 2 bridgehead atoms. The molecule has 3 aliphatic heterocycles. The third-order valence-electron chi connectivity index (χ3n) is 10.3. The Kier molecular flexibility index (Phi) is 7.03. The van der Waals surface area contributed by atoms with E-state index in [1.54, 1.807) is 6.07 Å². The van der Waals surface area contributed by atoms with E-state index < -0.39 is 29.6 Å². The van der Waals surface area contributed by atoms with Crippen LogP contribution in [0.25, 0.3) is 0 Å². The molecule has 1 spiro atoms. The van der Waals surface area contributed by atoms with Gasteiger partial charge in [-0.3, -0.25) is 14.4 Å². The second-order valence-electron chi connectivity index (χ2n) is 12.6. The lowest BCUT2D eigenvalue weighted by molar-refractivity contribution is -0.145. The van der Waals surface area contributed by atoms with Gasteiger partial charge in [-0.15, -0.1) is 0 Å². The molecule has 2 saturated heterocycles. The van der Waals surface area contributed by atoms with Crippen molar-refractivity contribution in [2.24, 2.45) is 23.7 Å². The van der Waals surface area contributed by atoms with Crippen LogP contribution in [0, 0.1) is 30.6 Å². The molecule has 1 aromatic rings. The Morgan fingerprint density at radius 1 is 1.05 bits per heavy atom. The molecule has 210 valence electrons. The Balaban J connectivity index is 1.31. The summed E-state index contributed by atoms with van der Waals surface area (Å²) in [4.78, 5) is 44.0. The molecule has 3 amide bonds. The number of carbonyl (C=O) groups is 3. The lowest BCUT2D eigenvalue weighted by atomic mass is 9.73. The van der Waals surface area contributed by atoms with Crippen LogP contribution in [0.1, 0.15) is 70.8 Å². The minimum atomic E-state index is -1.13. The zero-order chi connectivity index (χ0) is 27.5. The monoisotopic (exact) mass is 553 g/mol. The number of anilines is 1. The first-order chi connectivity index (χ1) is 18.7. The first-order valence-corrected chi connectivity index (χ1v) is 15.2. The minimum Gasteiger partial charge on any atom is -0.359 e. The maximum atomic E-state index is 14.3. The predicted molar refractivity (Wildman–Crippen MR) is 150 cm³/mol. The average Bonchev–Trinajstić information content (AvgIpc) is 3.56. The van der Waals surface area contributed by atoms with Crippen molar-refractivity contribution < 1.29 is 19.1 Å². The van der Waals surface area contributed by atoms with Gasteiger partial charge in [0, 0.05) is 22.8 Å². The van der Waals surface area contributed by atoms with Gasteiger partial charge in [0.1, 0.15) is 11.6 Å². The van der Waals surface area contributed by atoms with Crippen molar-refractivity contribution in [2.45, 2.75) is 102 Å². The highest BCUT2D eigenvalue weighted by molar-refractivity contribution is 6.31. The number of amides is 3. The van der Waals surface area contributed by atoms with Gasteiger partial charge >= 0.3 is 0 Å². The topological polar surface area (TPSA) is 87.7 Å². The summed E-state index contributed by atoms with van der Waals surface area (Å²) >= 11 is 6.30. The van der Waals surface area contributed by atoms with Crippen LogP contribution in [0.5, 0.6) is 0 Å². The number of fused-ring (bicyclic) bond motifs is 1. The maximum absolute atomic E-state index is 14.3. The smallest absolute Gasteiger partial charge is 0.246 e. The van der Waals surface area contributed by atoms with Crippen LogP contribution in [-0.4, -0.2) is 52.5 Å². The summed E-state index contributed by atoms with van der Waals surface area (Å²) in [7, 11) is 0. The molecule has 2 saturated carbocycles. The number of hydrogen-bond donors (Lipinski definition) is 2. The van der Waals surface area contributed by atoms with Gasteiger partial charge in [-0.2, -0.15) is 0 Å². The molecule has 6 rings (SSSR count). The van der Waals surface area contributed by atoms with Crippen LogP contribution in [0.4, 0.5) is 5.69 Å². The molecule has 39 heavy (non-hydrogen) atoms. The number of ether oxygens (including phenoxy) is 1. The van der Waals surface area contributed by atoms with Crippen molar-refractivity contribution in [2.75, 3.05) is 5.32 Å². The Morgan fingerprint density at radius 2 is 1.82 bits per heavy atom. The first kappa shape index (κ1) is 26.8. The van der Waals surface area contributed by atoms with Crippen LogP contribution >= 0.6 is 11.6 Å². The van der Waals surface area contributed by atoms with Crippen molar-refractivity contribution in [3.05, 3.63) is 40.9 Å². The van der Waals surface area contributed by atoms with E-state index in [1.165, 1.54) is 6.42 Å². The highest BCUT2D eigenvalue weighted by atomic mass is 35.5. The van der Waals surface area contributed by atoms with E-state index >= 15 is 0 Å². The Morgan fingerprint density at radius 3 is 2.56 bits per heavy atom.